The summed E-state index contributed by atoms with van der Waals surface area (Å²) in [6, 6.07) is 6.57. The molecular weight excluding hydrogens is 316 g/mol. The predicted molar refractivity (Wildman–Crippen MR) is 86.9 cm³/mol. The van der Waals surface area contributed by atoms with Crippen molar-refractivity contribution in [2.24, 2.45) is 0 Å². The van der Waals surface area contributed by atoms with Gasteiger partial charge in [-0.25, -0.2) is 9.78 Å². The third kappa shape index (κ3) is 2.93. The molecule has 23 heavy (non-hydrogen) atoms. The van der Waals surface area contributed by atoms with Crippen molar-refractivity contribution in [2.75, 3.05) is 5.32 Å². The summed E-state index contributed by atoms with van der Waals surface area (Å²) in [5.74, 6) is -1.43. The van der Waals surface area contributed by atoms with Crippen LogP contribution in [0.3, 0.4) is 0 Å². The molecule has 0 saturated carbocycles. The van der Waals surface area contributed by atoms with E-state index in [1.54, 1.807) is 6.92 Å². The summed E-state index contributed by atoms with van der Waals surface area (Å²) in [4.78, 5) is 27.6. The topological polar surface area (TPSA) is 97.1 Å². The number of nitrogens with zero attached hydrogens (tertiary/aromatic N) is 3. The van der Waals surface area contributed by atoms with Crippen LogP contribution in [-0.2, 0) is 4.79 Å². The third-order valence-electron chi connectivity index (χ3n) is 3.45. The number of anilines is 1. The van der Waals surface area contributed by atoms with E-state index in [0.29, 0.717) is 5.13 Å². The van der Waals surface area contributed by atoms with E-state index < -0.39 is 12.0 Å². The molecule has 0 aliphatic heterocycles. The lowest BCUT2D eigenvalue weighted by Crippen LogP contribution is -2.24. The number of carboxylic acids is 1. The van der Waals surface area contributed by atoms with Crippen LogP contribution in [0.4, 0.5) is 5.13 Å². The molecule has 1 unspecified atom stereocenters. The Labute approximate surface area is 135 Å². The van der Waals surface area contributed by atoms with Gasteiger partial charge in [-0.1, -0.05) is 23.5 Å². The van der Waals surface area contributed by atoms with E-state index in [4.69, 9.17) is 5.11 Å². The van der Waals surface area contributed by atoms with Crippen LogP contribution in [0.2, 0.25) is 0 Å². The molecule has 0 aliphatic carbocycles. The fraction of sp³-hybridized carbons (Fsp3) is 0.200. The minimum Gasteiger partial charge on any atom is -0.476 e. The molecule has 118 valence electrons. The zero-order valence-electron chi connectivity index (χ0n) is 12.5. The summed E-state index contributed by atoms with van der Waals surface area (Å²) in [5.41, 5.74) is 1.82. The Hall–Kier alpha value is -2.74. The first kappa shape index (κ1) is 15.2. The normalized spacial score (nSPS) is 12.3. The molecule has 1 aromatic carbocycles. The van der Waals surface area contributed by atoms with Gasteiger partial charge in [0.25, 0.3) is 5.91 Å². The van der Waals surface area contributed by atoms with E-state index in [-0.39, 0.29) is 11.6 Å². The zero-order valence-corrected chi connectivity index (χ0v) is 13.3. The quantitative estimate of drug-likeness (QED) is 0.766. The number of thiazole rings is 1. The van der Waals surface area contributed by atoms with E-state index in [1.807, 2.05) is 25.1 Å². The zero-order chi connectivity index (χ0) is 16.6. The second kappa shape index (κ2) is 5.81. The van der Waals surface area contributed by atoms with Gasteiger partial charge in [0.2, 0.25) is 0 Å². The second-order valence-corrected chi connectivity index (χ2v) is 6.12. The fourth-order valence-corrected chi connectivity index (χ4v) is 3.08. The number of amides is 1. The maximum Gasteiger partial charge on any atom is 0.356 e. The molecule has 0 radical (unpaired) electrons. The van der Waals surface area contributed by atoms with Crippen molar-refractivity contribution in [3.8, 4) is 0 Å². The van der Waals surface area contributed by atoms with Crippen LogP contribution in [-0.4, -0.2) is 31.7 Å². The summed E-state index contributed by atoms with van der Waals surface area (Å²) in [5, 5.41) is 16.0. The van der Waals surface area contributed by atoms with Crippen molar-refractivity contribution in [3.63, 3.8) is 0 Å². The lowest BCUT2D eigenvalue weighted by atomic mass is 10.2. The number of fused-ring (bicyclic) bond motifs is 1. The molecule has 2 heterocycles. The fourth-order valence-electron chi connectivity index (χ4n) is 2.14. The molecular formula is C15H14N4O3S. The first-order valence-corrected chi connectivity index (χ1v) is 7.73. The number of aromatic carboxylic acids is 1. The molecule has 0 saturated heterocycles. The SMILES string of the molecule is Cc1cccc2sc(NC(=O)C(C)n3ccc(C(=O)O)n3)nc12. The monoisotopic (exact) mass is 330 g/mol. The van der Waals surface area contributed by atoms with E-state index in [0.717, 1.165) is 15.8 Å². The summed E-state index contributed by atoms with van der Waals surface area (Å²) in [6.45, 7) is 3.61. The van der Waals surface area contributed by atoms with E-state index in [9.17, 15) is 9.59 Å². The molecule has 3 aromatic rings. The highest BCUT2D eigenvalue weighted by Crippen LogP contribution is 2.28. The molecule has 2 aromatic heterocycles. The molecule has 0 fully saturated rings. The van der Waals surface area contributed by atoms with Crippen LogP contribution in [0.15, 0.2) is 30.5 Å². The van der Waals surface area contributed by atoms with Gasteiger partial charge in [0.15, 0.2) is 10.8 Å². The molecule has 7 nitrogen and oxygen atoms in total. The number of carbonyl (C=O) groups excluding carboxylic acids is 1. The number of hydrogen-bond acceptors (Lipinski definition) is 5. The van der Waals surface area contributed by atoms with Gasteiger partial charge < -0.3 is 10.4 Å². The van der Waals surface area contributed by atoms with Gasteiger partial charge in [0, 0.05) is 6.20 Å². The number of carbonyl (C=O) groups is 2. The first-order valence-electron chi connectivity index (χ1n) is 6.91. The number of hydrogen-bond donors (Lipinski definition) is 2. The number of para-hydroxylation sites is 1. The Bertz CT molecular complexity index is 899. The summed E-state index contributed by atoms with van der Waals surface area (Å²) >= 11 is 1.40. The Morgan fingerprint density at radius 2 is 2.13 bits per heavy atom. The third-order valence-corrected chi connectivity index (χ3v) is 4.39. The highest BCUT2D eigenvalue weighted by molar-refractivity contribution is 7.22. The van der Waals surface area contributed by atoms with Crippen LogP contribution in [0, 0.1) is 6.92 Å². The van der Waals surface area contributed by atoms with Crippen LogP contribution in [0.1, 0.15) is 29.0 Å². The summed E-state index contributed by atoms with van der Waals surface area (Å²) in [7, 11) is 0. The standard InChI is InChI=1S/C15H14N4O3S/c1-8-4-3-5-11-12(8)16-15(23-11)17-13(20)9(2)19-7-6-10(18-19)14(21)22/h3-7,9H,1-2H3,(H,21,22)(H,16,17,20). The van der Waals surface area contributed by atoms with Crippen LogP contribution >= 0.6 is 11.3 Å². The van der Waals surface area contributed by atoms with Crippen molar-refractivity contribution in [2.45, 2.75) is 19.9 Å². The molecule has 0 spiro atoms. The number of aromatic nitrogens is 3. The van der Waals surface area contributed by atoms with E-state index >= 15 is 0 Å². The predicted octanol–water partition coefficient (Wildman–Crippen LogP) is 2.70. The van der Waals surface area contributed by atoms with Crippen LogP contribution in [0.25, 0.3) is 10.2 Å². The molecule has 0 bridgehead atoms. The lowest BCUT2D eigenvalue weighted by Gasteiger charge is -2.10. The Morgan fingerprint density at radius 3 is 2.78 bits per heavy atom. The average Bonchev–Trinajstić information content (AvgIpc) is 3.13. The van der Waals surface area contributed by atoms with Gasteiger partial charge >= 0.3 is 5.97 Å². The Morgan fingerprint density at radius 1 is 1.35 bits per heavy atom. The molecule has 1 atom stereocenters. The number of carboxylic acid groups (broad SMARTS) is 1. The van der Waals surface area contributed by atoms with Gasteiger partial charge in [0.05, 0.1) is 10.2 Å². The highest BCUT2D eigenvalue weighted by Gasteiger charge is 2.19. The molecule has 1 amide bonds. The summed E-state index contributed by atoms with van der Waals surface area (Å²) in [6.07, 6.45) is 1.47. The van der Waals surface area contributed by atoms with Crippen LogP contribution in [0.5, 0.6) is 0 Å². The van der Waals surface area contributed by atoms with Gasteiger partial charge in [-0.3, -0.25) is 9.48 Å². The van der Waals surface area contributed by atoms with Gasteiger partial charge in [-0.2, -0.15) is 5.10 Å². The molecule has 0 aliphatic rings. The van der Waals surface area contributed by atoms with Crippen molar-refractivity contribution < 1.29 is 14.7 Å². The van der Waals surface area contributed by atoms with Crippen LogP contribution < -0.4 is 5.32 Å². The van der Waals surface area contributed by atoms with Gasteiger partial charge in [-0.05, 0) is 31.5 Å². The van der Waals surface area contributed by atoms with Gasteiger partial charge in [-0.15, -0.1) is 0 Å². The first-order chi connectivity index (χ1) is 11.0. The number of rotatable bonds is 4. The van der Waals surface area contributed by atoms with Crippen molar-refractivity contribution in [3.05, 3.63) is 41.7 Å². The lowest BCUT2D eigenvalue weighted by molar-refractivity contribution is -0.119. The minimum atomic E-state index is -1.13. The maximum atomic E-state index is 12.3. The number of nitrogens with one attached hydrogen (secondary N) is 1. The molecule has 3 rings (SSSR count). The largest absolute Gasteiger partial charge is 0.476 e. The van der Waals surface area contributed by atoms with Crippen molar-refractivity contribution in [1.82, 2.24) is 14.8 Å². The molecule has 8 heteroatoms. The number of aryl methyl sites for hydroxylation is 1. The maximum absolute atomic E-state index is 12.3. The Kier molecular flexibility index (Phi) is 3.83. The van der Waals surface area contributed by atoms with Crippen molar-refractivity contribution >= 4 is 38.6 Å². The number of benzene rings is 1. The second-order valence-electron chi connectivity index (χ2n) is 5.09. The Balaban J connectivity index is 1.79. The summed E-state index contributed by atoms with van der Waals surface area (Å²) < 4.78 is 2.32. The smallest absolute Gasteiger partial charge is 0.356 e. The van der Waals surface area contributed by atoms with Crippen molar-refractivity contribution in [1.29, 1.82) is 0 Å². The highest BCUT2D eigenvalue weighted by atomic mass is 32.1. The van der Waals surface area contributed by atoms with E-state index in [1.165, 1.54) is 28.3 Å². The minimum absolute atomic E-state index is 0.0970. The van der Waals surface area contributed by atoms with Gasteiger partial charge in [0.1, 0.15) is 6.04 Å². The molecule has 2 N–H and O–H groups in total. The van der Waals surface area contributed by atoms with E-state index in [2.05, 4.69) is 15.4 Å². The average molecular weight is 330 g/mol.